The van der Waals surface area contributed by atoms with Crippen molar-refractivity contribution < 1.29 is 9.53 Å². The normalized spacial score (nSPS) is 19.8. The maximum absolute atomic E-state index is 12.2. The number of likely N-dealkylation sites (tertiary alicyclic amines) is 1. The van der Waals surface area contributed by atoms with Crippen molar-refractivity contribution in [3.05, 3.63) is 24.5 Å². The standard InChI is InChI=1S/C15H23N3O2/c1-17(2)13-5-4-9-18(10-7-13)15(19)12-20-14-6-3-8-16-11-14/h3,6,8,11,13H,4-5,7,9-10,12H2,1-2H3/t13-/m1/s1. The van der Waals surface area contributed by atoms with Crippen LogP contribution in [0.15, 0.2) is 24.5 Å². The van der Waals surface area contributed by atoms with Gasteiger partial charge in [-0.1, -0.05) is 0 Å². The van der Waals surface area contributed by atoms with Crippen LogP contribution in [0.25, 0.3) is 0 Å². The molecule has 2 heterocycles. The third-order valence-electron chi connectivity index (χ3n) is 3.78. The number of hydrogen-bond acceptors (Lipinski definition) is 4. The van der Waals surface area contributed by atoms with E-state index in [0.29, 0.717) is 11.8 Å². The summed E-state index contributed by atoms with van der Waals surface area (Å²) in [6.45, 7) is 1.75. The van der Waals surface area contributed by atoms with Crippen LogP contribution in [-0.4, -0.2) is 60.5 Å². The Morgan fingerprint density at radius 3 is 3.00 bits per heavy atom. The first-order valence-corrected chi connectivity index (χ1v) is 7.14. The summed E-state index contributed by atoms with van der Waals surface area (Å²) < 4.78 is 5.47. The molecule has 1 aromatic heterocycles. The zero-order valence-corrected chi connectivity index (χ0v) is 12.3. The molecule has 1 aromatic rings. The molecule has 2 rings (SSSR count). The van der Waals surface area contributed by atoms with Gasteiger partial charge in [-0.05, 0) is 45.5 Å². The van der Waals surface area contributed by atoms with Crippen LogP contribution in [0.5, 0.6) is 5.75 Å². The van der Waals surface area contributed by atoms with Crippen LogP contribution in [-0.2, 0) is 4.79 Å². The molecule has 20 heavy (non-hydrogen) atoms. The fourth-order valence-corrected chi connectivity index (χ4v) is 2.51. The van der Waals surface area contributed by atoms with Gasteiger partial charge in [-0.2, -0.15) is 0 Å². The minimum Gasteiger partial charge on any atom is -0.482 e. The third-order valence-corrected chi connectivity index (χ3v) is 3.78. The highest BCUT2D eigenvalue weighted by Gasteiger charge is 2.21. The summed E-state index contributed by atoms with van der Waals surface area (Å²) in [5, 5.41) is 0. The second-order valence-electron chi connectivity index (χ2n) is 5.41. The van der Waals surface area contributed by atoms with Crippen molar-refractivity contribution in [3.8, 4) is 5.75 Å². The molecule has 0 N–H and O–H groups in total. The van der Waals surface area contributed by atoms with Crippen molar-refractivity contribution in [2.45, 2.75) is 25.3 Å². The number of amides is 1. The molecule has 0 aromatic carbocycles. The summed E-state index contributed by atoms with van der Waals surface area (Å²) >= 11 is 0. The average molecular weight is 277 g/mol. The maximum Gasteiger partial charge on any atom is 0.260 e. The van der Waals surface area contributed by atoms with Gasteiger partial charge in [-0.25, -0.2) is 0 Å². The Morgan fingerprint density at radius 2 is 2.30 bits per heavy atom. The second kappa shape index (κ2) is 7.24. The number of carbonyl (C=O) groups excluding carboxylic acids is 1. The molecule has 0 aliphatic carbocycles. The summed E-state index contributed by atoms with van der Waals surface area (Å²) in [4.78, 5) is 20.3. The molecule has 0 bridgehead atoms. The number of ether oxygens (including phenoxy) is 1. The third kappa shape index (κ3) is 4.20. The second-order valence-corrected chi connectivity index (χ2v) is 5.41. The topological polar surface area (TPSA) is 45.7 Å². The molecule has 0 spiro atoms. The zero-order chi connectivity index (χ0) is 14.4. The molecular weight excluding hydrogens is 254 g/mol. The lowest BCUT2D eigenvalue weighted by atomic mass is 10.1. The summed E-state index contributed by atoms with van der Waals surface area (Å²) in [5.41, 5.74) is 0. The lowest BCUT2D eigenvalue weighted by Gasteiger charge is -2.23. The van der Waals surface area contributed by atoms with E-state index >= 15 is 0 Å². The Morgan fingerprint density at radius 1 is 1.45 bits per heavy atom. The van der Waals surface area contributed by atoms with Crippen LogP contribution in [0.3, 0.4) is 0 Å². The molecule has 1 saturated heterocycles. The smallest absolute Gasteiger partial charge is 0.260 e. The molecule has 5 heteroatoms. The molecule has 1 fully saturated rings. The molecule has 0 unspecified atom stereocenters. The van der Waals surface area contributed by atoms with E-state index in [0.717, 1.165) is 32.4 Å². The largest absolute Gasteiger partial charge is 0.482 e. The molecule has 0 saturated carbocycles. The van der Waals surface area contributed by atoms with E-state index < -0.39 is 0 Å². The fourth-order valence-electron chi connectivity index (χ4n) is 2.51. The van der Waals surface area contributed by atoms with E-state index in [2.05, 4.69) is 24.0 Å². The van der Waals surface area contributed by atoms with Gasteiger partial charge in [0.15, 0.2) is 6.61 Å². The Bertz CT molecular complexity index is 422. The van der Waals surface area contributed by atoms with E-state index in [1.165, 1.54) is 0 Å². The molecular formula is C15H23N3O2. The Balaban J connectivity index is 1.80. The Hall–Kier alpha value is -1.62. The quantitative estimate of drug-likeness (QED) is 0.834. The van der Waals surface area contributed by atoms with Gasteiger partial charge >= 0.3 is 0 Å². The fraction of sp³-hybridized carbons (Fsp3) is 0.600. The van der Waals surface area contributed by atoms with Gasteiger partial charge in [-0.15, -0.1) is 0 Å². The summed E-state index contributed by atoms with van der Waals surface area (Å²) in [7, 11) is 4.21. The highest BCUT2D eigenvalue weighted by molar-refractivity contribution is 5.77. The van der Waals surface area contributed by atoms with Crippen LogP contribution in [0.1, 0.15) is 19.3 Å². The number of nitrogens with zero attached hydrogens (tertiary/aromatic N) is 3. The average Bonchev–Trinajstić information content (AvgIpc) is 2.72. The lowest BCUT2D eigenvalue weighted by molar-refractivity contribution is -0.133. The van der Waals surface area contributed by atoms with Gasteiger partial charge < -0.3 is 14.5 Å². The first-order chi connectivity index (χ1) is 9.66. The van der Waals surface area contributed by atoms with Gasteiger partial charge in [0.2, 0.25) is 0 Å². The highest BCUT2D eigenvalue weighted by Crippen LogP contribution is 2.15. The highest BCUT2D eigenvalue weighted by atomic mass is 16.5. The van der Waals surface area contributed by atoms with Crippen molar-refractivity contribution in [2.24, 2.45) is 0 Å². The van der Waals surface area contributed by atoms with E-state index in [9.17, 15) is 4.79 Å². The Kier molecular flexibility index (Phi) is 5.35. The van der Waals surface area contributed by atoms with Gasteiger partial charge in [0.25, 0.3) is 5.91 Å². The minimum absolute atomic E-state index is 0.0632. The first kappa shape index (κ1) is 14.8. The van der Waals surface area contributed by atoms with E-state index in [-0.39, 0.29) is 12.5 Å². The lowest BCUT2D eigenvalue weighted by Crippen LogP contribution is -2.36. The summed E-state index contributed by atoms with van der Waals surface area (Å²) in [6.07, 6.45) is 6.55. The summed E-state index contributed by atoms with van der Waals surface area (Å²) in [6, 6.07) is 4.19. The van der Waals surface area contributed by atoms with E-state index in [1.807, 2.05) is 11.0 Å². The number of carbonyl (C=O) groups is 1. The number of pyridine rings is 1. The predicted molar refractivity (Wildman–Crippen MR) is 77.6 cm³/mol. The van der Waals surface area contributed by atoms with Gasteiger partial charge in [-0.3, -0.25) is 9.78 Å². The van der Waals surface area contributed by atoms with Crippen LogP contribution < -0.4 is 4.74 Å². The summed E-state index contributed by atoms with van der Waals surface area (Å²) in [5.74, 6) is 0.704. The van der Waals surface area contributed by atoms with Gasteiger partial charge in [0.05, 0.1) is 6.20 Å². The molecule has 1 aliphatic rings. The van der Waals surface area contributed by atoms with Crippen molar-refractivity contribution in [1.29, 1.82) is 0 Å². The molecule has 1 amide bonds. The molecule has 1 atom stereocenters. The van der Waals surface area contributed by atoms with Crippen LogP contribution >= 0.6 is 0 Å². The first-order valence-electron chi connectivity index (χ1n) is 7.14. The molecule has 0 radical (unpaired) electrons. The predicted octanol–water partition coefficient (Wildman–Crippen LogP) is 1.40. The SMILES string of the molecule is CN(C)[C@@H]1CCCN(C(=O)COc2cccnc2)CC1. The number of rotatable bonds is 4. The molecule has 5 nitrogen and oxygen atoms in total. The molecule has 110 valence electrons. The molecule has 1 aliphatic heterocycles. The van der Waals surface area contributed by atoms with E-state index in [4.69, 9.17) is 4.74 Å². The van der Waals surface area contributed by atoms with Crippen molar-refractivity contribution in [3.63, 3.8) is 0 Å². The van der Waals surface area contributed by atoms with E-state index in [1.54, 1.807) is 18.5 Å². The monoisotopic (exact) mass is 277 g/mol. The van der Waals surface area contributed by atoms with Gasteiger partial charge in [0.1, 0.15) is 5.75 Å². The maximum atomic E-state index is 12.2. The van der Waals surface area contributed by atoms with Crippen molar-refractivity contribution in [2.75, 3.05) is 33.8 Å². The zero-order valence-electron chi connectivity index (χ0n) is 12.3. The number of aromatic nitrogens is 1. The Labute approximate surface area is 120 Å². The van der Waals surface area contributed by atoms with Gasteiger partial charge in [0, 0.05) is 25.3 Å². The van der Waals surface area contributed by atoms with Crippen LogP contribution in [0.4, 0.5) is 0 Å². The van der Waals surface area contributed by atoms with Crippen LogP contribution in [0.2, 0.25) is 0 Å². The number of hydrogen-bond donors (Lipinski definition) is 0. The van der Waals surface area contributed by atoms with Crippen molar-refractivity contribution >= 4 is 5.91 Å². The van der Waals surface area contributed by atoms with Crippen LogP contribution in [0, 0.1) is 0 Å². The van der Waals surface area contributed by atoms with Crippen molar-refractivity contribution in [1.82, 2.24) is 14.8 Å². The minimum atomic E-state index is 0.0632.